The van der Waals surface area contributed by atoms with Gasteiger partial charge >= 0.3 is 0 Å². The quantitative estimate of drug-likeness (QED) is 0.234. The Morgan fingerprint density at radius 1 is 0.652 bits per heavy atom. The number of rotatable bonds is 0. The highest BCUT2D eigenvalue weighted by molar-refractivity contribution is 6.19. The lowest BCUT2D eigenvalue weighted by Crippen LogP contribution is -1.84. The van der Waals surface area contributed by atoms with Crippen LogP contribution in [-0.2, 0) is 0 Å². The second kappa shape index (κ2) is 4.36. The summed E-state index contributed by atoms with van der Waals surface area (Å²) in [6, 6.07) is 19.9. The zero-order valence-electron chi connectivity index (χ0n) is 13.2. The molecule has 0 saturated carbocycles. The van der Waals surface area contributed by atoms with E-state index in [1.165, 1.54) is 48.8 Å². The zero-order valence-corrected chi connectivity index (χ0v) is 13.2. The van der Waals surface area contributed by atoms with Crippen molar-refractivity contribution in [2.45, 2.75) is 13.8 Å². The minimum atomic E-state index is 0.964. The lowest BCUT2D eigenvalue weighted by atomic mass is 9.94. The van der Waals surface area contributed by atoms with Crippen molar-refractivity contribution in [3.63, 3.8) is 0 Å². The molecule has 0 radical (unpaired) electrons. The molecule has 5 aromatic rings. The minimum absolute atomic E-state index is 0.964. The lowest BCUT2D eigenvalue weighted by Gasteiger charge is -2.10. The minimum Gasteiger partial charge on any atom is -0.464 e. The van der Waals surface area contributed by atoms with Crippen LogP contribution in [0, 0.1) is 13.8 Å². The van der Waals surface area contributed by atoms with Crippen LogP contribution in [0.25, 0.3) is 43.3 Å². The van der Waals surface area contributed by atoms with Gasteiger partial charge in [0.25, 0.3) is 0 Å². The Morgan fingerprint density at radius 3 is 2.43 bits per heavy atom. The van der Waals surface area contributed by atoms with Gasteiger partial charge in [0.15, 0.2) is 0 Å². The largest absolute Gasteiger partial charge is 0.464 e. The molecule has 110 valence electrons. The third kappa shape index (κ3) is 1.74. The lowest BCUT2D eigenvalue weighted by molar-refractivity contribution is 0.616. The molecule has 0 saturated heterocycles. The van der Waals surface area contributed by atoms with Gasteiger partial charge in [-0.05, 0) is 76.0 Å². The van der Waals surface area contributed by atoms with Crippen molar-refractivity contribution in [2.75, 3.05) is 0 Å². The van der Waals surface area contributed by atoms with Crippen LogP contribution >= 0.6 is 0 Å². The second-order valence-electron chi connectivity index (χ2n) is 6.44. The summed E-state index contributed by atoms with van der Waals surface area (Å²) in [5.41, 5.74) is 3.53. The van der Waals surface area contributed by atoms with Crippen LogP contribution in [0.1, 0.15) is 11.1 Å². The number of aryl methyl sites for hydroxylation is 2. The molecule has 0 aliphatic carbocycles. The summed E-state index contributed by atoms with van der Waals surface area (Å²) in [6.45, 7) is 4.32. The second-order valence-corrected chi connectivity index (χ2v) is 6.44. The first-order chi connectivity index (χ1) is 11.2. The smallest absolute Gasteiger partial charge is 0.134 e. The van der Waals surface area contributed by atoms with Crippen LogP contribution in [0.4, 0.5) is 0 Å². The van der Waals surface area contributed by atoms with E-state index in [2.05, 4.69) is 68.4 Å². The van der Waals surface area contributed by atoms with Gasteiger partial charge in [0, 0.05) is 5.39 Å². The van der Waals surface area contributed by atoms with Crippen molar-refractivity contribution in [3.8, 4) is 0 Å². The molecule has 0 spiro atoms. The van der Waals surface area contributed by atoms with E-state index in [9.17, 15) is 0 Å². The molecule has 1 heteroatoms. The molecular weight excluding hydrogens is 280 g/mol. The van der Waals surface area contributed by atoms with Crippen molar-refractivity contribution < 1.29 is 4.42 Å². The predicted octanol–water partition coefficient (Wildman–Crippen LogP) is 6.51. The zero-order chi connectivity index (χ0) is 15.6. The topological polar surface area (TPSA) is 13.1 Å². The molecule has 0 N–H and O–H groups in total. The number of furan rings is 1. The molecule has 0 aliphatic heterocycles. The average Bonchev–Trinajstić information content (AvgIpc) is 3.00. The number of hydrogen-bond donors (Lipinski definition) is 0. The number of hydrogen-bond acceptors (Lipinski definition) is 1. The Morgan fingerprint density at radius 2 is 1.52 bits per heavy atom. The molecule has 0 unspecified atom stereocenters. The molecule has 0 bridgehead atoms. The highest BCUT2D eigenvalue weighted by atomic mass is 16.3. The third-order valence-corrected chi connectivity index (χ3v) is 4.86. The van der Waals surface area contributed by atoms with Gasteiger partial charge in [-0.15, -0.1) is 0 Å². The summed E-state index contributed by atoms with van der Waals surface area (Å²) >= 11 is 0. The molecule has 1 aromatic heterocycles. The van der Waals surface area contributed by atoms with E-state index in [-0.39, 0.29) is 0 Å². The molecule has 5 rings (SSSR count). The van der Waals surface area contributed by atoms with E-state index < -0.39 is 0 Å². The van der Waals surface area contributed by atoms with Crippen molar-refractivity contribution in [3.05, 3.63) is 72.0 Å². The Kier molecular flexibility index (Phi) is 2.41. The van der Waals surface area contributed by atoms with E-state index in [0.29, 0.717) is 0 Å². The first-order valence-corrected chi connectivity index (χ1v) is 7.94. The van der Waals surface area contributed by atoms with E-state index in [0.717, 1.165) is 5.58 Å². The van der Waals surface area contributed by atoms with Gasteiger partial charge in [0.05, 0.1) is 6.26 Å². The molecule has 0 fully saturated rings. The summed E-state index contributed by atoms with van der Waals surface area (Å²) < 4.78 is 5.60. The molecule has 4 aromatic carbocycles. The van der Waals surface area contributed by atoms with Gasteiger partial charge in [-0.1, -0.05) is 35.9 Å². The summed E-state index contributed by atoms with van der Waals surface area (Å²) in [7, 11) is 0. The SMILES string of the molecule is Cc1ccc2cc3ccc4c5ccoc5cc(C)c4c3cc2c1. The number of benzene rings is 4. The summed E-state index contributed by atoms with van der Waals surface area (Å²) in [4.78, 5) is 0. The first-order valence-electron chi connectivity index (χ1n) is 7.94. The predicted molar refractivity (Wildman–Crippen MR) is 98.2 cm³/mol. The van der Waals surface area contributed by atoms with Crippen molar-refractivity contribution in [1.82, 2.24) is 0 Å². The van der Waals surface area contributed by atoms with Crippen LogP contribution in [-0.4, -0.2) is 0 Å². The van der Waals surface area contributed by atoms with Crippen LogP contribution in [0.3, 0.4) is 0 Å². The van der Waals surface area contributed by atoms with Crippen LogP contribution in [0.2, 0.25) is 0 Å². The van der Waals surface area contributed by atoms with Crippen molar-refractivity contribution in [1.29, 1.82) is 0 Å². The van der Waals surface area contributed by atoms with E-state index in [1.54, 1.807) is 6.26 Å². The van der Waals surface area contributed by atoms with Gasteiger partial charge in [-0.2, -0.15) is 0 Å². The molecular formula is C22H16O. The van der Waals surface area contributed by atoms with Crippen LogP contribution in [0.15, 0.2) is 65.3 Å². The Labute approximate surface area is 134 Å². The maximum atomic E-state index is 5.60. The molecule has 23 heavy (non-hydrogen) atoms. The number of fused-ring (bicyclic) bond motifs is 6. The molecule has 1 heterocycles. The summed E-state index contributed by atoms with van der Waals surface area (Å²) in [5.74, 6) is 0. The maximum absolute atomic E-state index is 5.60. The average molecular weight is 296 g/mol. The molecule has 0 atom stereocenters. The fourth-order valence-electron chi connectivity index (χ4n) is 3.76. The van der Waals surface area contributed by atoms with Gasteiger partial charge in [-0.25, -0.2) is 0 Å². The van der Waals surface area contributed by atoms with Crippen LogP contribution < -0.4 is 0 Å². The molecule has 0 aliphatic rings. The summed E-state index contributed by atoms with van der Waals surface area (Å²) in [5, 5.41) is 9.01. The summed E-state index contributed by atoms with van der Waals surface area (Å²) in [6.07, 6.45) is 1.78. The van der Waals surface area contributed by atoms with Gasteiger partial charge in [0.1, 0.15) is 5.58 Å². The van der Waals surface area contributed by atoms with Crippen molar-refractivity contribution >= 4 is 43.3 Å². The Hall–Kier alpha value is -2.80. The highest BCUT2D eigenvalue weighted by Crippen LogP contribution is 2.36. The van der Waals surface area contributed by atoms with E-state index in [4.69, 9.17) is 4.42 Å². The van der Waals surface area contributed by atoms with Gasteiger partial charge < -0.3 is 4.42 Å². The third-order valence-electron chi connectivity index (χ3n) is 4.86. The van der Waals surface area contributed by atoms with Crippen LogP contribution in [0.5, 0.6) is 0 Å². The monoisotopic (exact) mass is 296 g/mol. The normalized spacial score (nSPS) is 11.9. The Bertz CT molecular complexity index is 1220. The van der Waals surface area contributed by atoms with Gasteiger partial charge in [0.2, 0.25) is 0 Å². The molecule has 0 amide bonds. The van der Waals surface area contributed by atoms with Crippen molar-refractivity contribution in [2.24, 2.45) is 0 Å². The Balaban J connectivity index is 2.05. The fraction of sp³-hybridized carbons (Fsp3) is 0.0909. The molecule has 1 nitrogen and oxygen atoms in total. The van der Waals surface area contributed by atoms with E-state index in [1.807, 2.05) is 0 Å². The van der Waals surface area contributed by atoms with Gasteiger partial charge in [-0.3, -0.25) is 0 Å². The maximum Gasteiger partial charge on any atom is 0.134 e. The highest BCUT2D eigenvalue weighted by Gasteiger charge is 2.10. The fourth-order valence-corrected chi connectivity index (χ4v) is 3.76. The van der Waals surface area contributed by atoms with E-state index >= 15 is 0 Å². The standard InChI is InChI=1S/C22H16O/c1-13-3-4-15-11-16-5-6-19-18-7-8-23-21(18)10-14(2)22(19)20(16)12-17(15)9-13/h3-12H,1-2H3. The first kappa shape index (κ1) is 12.7.